The fraction of sp³-hybridized carbons (Fsp3) is 0.360. The molecule has 5 heterocycles. The fourth-order valence-electron chi connectivity index (χ4n) is 8.38. The summed E-state index contributed by atoms with van der Waals surface area (Å²) in [7, 11) is -1.09. The largest absolute Gasteiger partial charge is 0.491 e. The van der Waals surface area contributed by atoms with E-state index in [0.717, 1.165) is 5.69 Å². The maximum Gasteiger partial charge on any atom is 0.276 e. The lowest BCUT2D eigenvalue weighted by Gasteiger charge is -2.14. The van der Waals surface area contributed by atoms with Crippen LogP contribution in [0.1, 0.15) is 92.6 Å². The number of benzene rings is 2. The maximum atomic E-state index is 14.0. The van der Waals surface area contributed by atoms with E-state index in [-0.39, 0.29) is 97.3 Å². The van der Waals surface area contributed by atoms with Crippen LogP contribution in [-0.4, -0.2) is 125 Å². The molecule has 0 saturated heterocycles. The van der Waals surface area contributed by atoms with Gasteiger partial charge in [0.2, 0.25) is 29.6 Å². The minimum atomic E-state index is -2.28. The van der Waals surface area contributed by atoms with E-state index in [4.69, 9.17) is 30.9 Å². The summed E-state index contributed by atoms with van der Waals surface area (Å²) >= 11 is 0. The number of primary amides is 2. The lowest BCUT2D eigenvalue weighted by molar-refractivity contribution is -0.121. The molecule has 26 nitrogen and oxygen atoms in total. The molecule has 0 aliphatic heterocycles. The number of amides is 5. The number of ether oxygens (including phenoxy) is 2. The molecule has 2 unspecified atom stereocenters. The van der Waals surface area contributed by atoms with Crippen molar-refractivity contribution in [2.75, 3.05) is 42.8 Å². The number of imidazole rings is 2. The Balaban J connectivity index is 1.21. The van der Waals surface area contributed by atoms with Gasteiger partial charge in [0.1, 0.15) is 40.5 Å². The second kappa shape index (κ2) is 26.8. The molecule has 414 valence electrons. The molecule has 0 fully saturated rings. The topological polar surface area (TPSA) is 354 Å². The predicted octanol–water partition coefficient (Wildman–Crippen LogP) is 4.53. The molecule has 0 aliphatic carbocycles. The van der Waals surface area contributed by atoms with Gasteiger partial charge in [-0.2, -0.15) is 15.3 Å². The molecule has 0 radical (unpaired) electrons. The number of hydrogen-bond acceptors (Lipinski definition) is 16. The van der Waals surface area contributed by atoms with Crippen LogP contribution in [0.25, 0.3) is 22.1 Å². The minimum absolute atomic E-state index is 0.0236. The Labute approximate surface area is 451 Å². The zero-order valence-electron chi connectivity index (χ0n) is 43.8. The van der Waals surface area contributed by atoms with E-state index in [9.17, 15) is 38.7 Å². The summed E-state index contributed by atoms with van der Waals surface area (Å²) in [6.45, 7) is 9.08. The SMILES string of the molecule is CCn1nc(C)cc1C(=O)Nc1nc2cc(C(N)=O)cc(OC/C=C/Cn3cc(NC)cn3)c2n1C/C=C/Cn1c(NC(=O)c2cc(C)nn2CC)nc2cc(C(N)=O)cc(OCCCC(=O)NCCCC(PO)P(O)O)c21. The molecular weight excluding hydrogens is 1050 g/mol. The van der Waals surface area contributed by atoms with Crippen molar-refractivity contribution in [2.45, 2.75) is 91.5 Å². The van der Waals surface area contributed by atoms with E-state index in [1.807, 2.05) is 26.1 Å². The van der Waals surface area contributed by atoms with Gasteiger partial charge in [-0.1, -0.05) is 18.2 Å². The van der Waals surface area contributed by atoms with Crippen molar-refractivity contribution in [3.63, 3.8) is 0 Å². The summed E-state index contributed by atoms with van der Waals surface area (Å²) in [5.41, 5.74) is 15.9. The Bertz CT molecular complexity index is 3360. The Morgan fingerprint density at radius 1 is 0.756 bits per heavy atom. The second-order valence-corrected chi connectivity index (χ2v) is 20.5. The van der Waals surface area contributed by atoms with E-state index in [1.54, 1.807) is 80.6 Å². The van der Waals surface area contributed by atoms with Crippen LogP contribution in [0, 0.1) is 13.8 Å². The average Bonchev–Trinajstić information content (AvgIpc) is 4.30. The number of nitrogens with one attached hydrogen (secondary N) is 4. The highest BCUT2D eigenvalue weighted by molar-refractivity contribution is 7.59. The lowest BCUT2D eigenvalue weighted by Crippen LogP contribution is -2.25. The number of rotatable bonds is 29. The smallest absolute Gasteiger partial charge is 0.276 e. The van der Waals surface area contributed by atoms with Gasteiger partial charge in [-0.3, -0.25) is 48.7 Å². The molecule has 11 N–H and O–H groups in total. The van der Waals surface area contributed by atoms with E-state index < -0.39 is 46.2 Å². The van der Waals surface area contributed by atoms with Gasteiger partial charge in [-0.25, -0.2) is 9.97 Å². The van der Waals surface area contributed by atoms with Crippen LogP contribution >= 0.6 is 17.2 Å². The van der Waals surface area contributed by atoms with Crippen molar-refractivity contribution in [2.24, 2.45) is 11.5 Å². The number of nitrogens with two attached hydrogens (primary N) is 2. The summed E-state index contributed by atoms with van der Waals surface area (Å²) in [6.07, 6.45) is 11.9. The molecule has 7 rings (SSSR count). The van der Waals surface area contributed by atoms with Crippen molar-refractivity contribution in [1.29, 1.82) is 0 Å². The molecule has 28 heteroatoms. The predicted molar refractivity (Wildman–Crippen MR) is 296 cm³/mol. The first kappa shape index (κ1) is 57.7. The molecular formula is C50H64N16O10P2. The first-order valence-corrected chi connectivity index (χ1v) is 27.3. The first-order valence-electron chi connectivity index (χ1n) is 25.0. The number of aromatic nitrogens is 10. The van der Waals surface area contributed by atoms with Gasteiger partial charge < -0.3 is 55.4 Å². The Kier molecular flexibility index (Phi) is 19.8. The average molecular weight is 1110 g/mol. The molecule has 78 heavy (non-hydrogen) atoms. The zero-order chi connectivity index (χ0) is 56.0. The van der Waals surface area contributed by atoms with Crippen molar-refractivity contribution >= 4 is 86.4 Å². The molecule has 0 spiro atoms. The Hall–Kier alpha value is -8.02. The molecule has 5 amide bonds. The Morgan fingerprint density at radius 3 is 1.78 bits per heavy atom. The van der Waals surface area contributed by atoms with Gasteiger partial charge >= 0.3 is 0 Å². The molecule has 0 saturated carbocycles. The van der Waals surface area contributed by atoms with Crippen LogP contribution in [0.2, 0.25) is 0 Å². The minimum Gasteiger partial charge on any atom is -0.491 e. The van der Waals surface area contributed by atoms with Gasteiger partial charge in [0, 0.05) is 72.3 Å². The summed E-state index contributed by atoms with van der Waals surface area (Å²) < 4.78 is 20.9. The summed E-state index contributed by atoms with van der Waals surface area (Å²) in [4.78, 5) is 104. The standard InChI is InChI=1S/C50H64N16O10P2/c1-6-65-37(22-30(3)60-65)47(70)58-49-56-35-24-32(45(51)68)26-39(75-20-11-10-17-62-29-34(53-5)28-55-62)43(35)63(49)18-8-9-19-64-44-36(57-50(64)59-48(71)38-23-31(4)61-66(38)7-2)25-33(46(52)69)27-40(44)76-21-13-14-41(67)54-16-12-15-42(77-72)78(73)74/h8-11,22-29,42,53,72-74,77H,6-7,12-21H2,1-5H3,(H2,51,68)(H2,52,69)(H,54,67)(H,56,58,70)(H,57,59,71)/b9-8+,11-10+. The fourth-order valence-corrected chi connectivity index (χ4v) is 9.54. The monoisotopic (exact) mass is 1110 g/mol. The van der Waals surface area contributed by atoms with E-state index in [2.05, 4.69) is 36.6 Å². The quantitative estimate of drug-likeness (QED) is 0.0177. The zero-order valence-corrected chi connectivity index (χ0v) is 45.7. The highest BCUT2D eigenvalue weighted by Gasteiger charge is 2.24. The number of nitrogens with zero attached hydrogens (tertiary/aromatic N) is 10. The molecule has 7 aromatic rings. The third-order valence-electron chi connectivity index (χ3n) is 12.2. The summed E-state index contributed by atoms with van der Waals surface area (Å²) in [5, 5.41) is 24.2. The van der Waals surface area contributed by atoms with Crippen molar-refractivity contribution in [3.05, 3.63) is 107 Å². The lowest BCUT2D eigenvalue weighted by atomic mass is 10.1. The number of carbonyl (C=O) groups excluding carboxylic acids is 5. The van der Waals surface area contributed by atoms with Crippen LogP contribution in [-0.2, 0) is 37.5 Å². The van der Waals surface area contributed by atoms with Crippen LogP contribution in [0.3, 0.4) is 0 Å². The molecule has 0 aliphatic rings. The van der Waals surface area contributed by atoms with Crippen LogP contribution in [0.5, 0.6) is 11.5 Å². The third kappa shape index (κ3) is 14.3. The molecule has 2 aromatic carbocycles. The van der Waals surface area contributed by atoms with Crippen LogP contribution in [0.15, 0.2) is 73.1 Å². The van der Waals surface area contributed by atoms with Gasteiger partial charge in [-0.15, -0.1) is 0 Å². The molecule has 0 bridgehead atoms. The summed E-state index contributed by atoms with van der Waals surface area (Å²) in [5.74, 6) is -2.08. The van der Waals surface area contributed by atoms with Crippen molar-refractivity contribution in [3.8, 4) is 11.5 Å². The van der Waals surface area contributed by atoms with Crippen LogP contribution in [0.4, 0.5) is 17.6 Å². The first-order chi connectivity index (χ1) is 37.5. The number of anilines is 3. The second-order valence-electron chi connectivity index (χ2n) is 17.8. The Morgan fingerprint density at radius 2 is 1.29 bits per heavy atom. The number of carbonyl (C=O) groups is 5. The number of aryl methyl sites for hydroxylation is 4. The normalized spacial score (nSPS) is 12.2. The van der Waals surface area contributed by atoms with Gasteiger partial charge in [0.25, 0.3) is 11.8 Å². The number of allylic oxidation sites excluding steroid dienone is 3. The van der Waals surface area contributed by atoms with E-state index >= 15 is 0 Å². The molecule has 2 atom stereocenters. The highest BCUT2D eigenvalue weighted by Crippen LogP contribution is 2.43. The number of hydrogen-bond donors (Lipinski definition) is 9. The van der Waals surface area contributed by atoms with Gasteiger partial charge in [-0.05, 0) is 89.4 Å². The van der Waals surface area contributed by atoms with E-state index in [0.29, 0.717) is 66.1 Å². The number of fused-ring (bicyclic) bond motifs is 2. The third-order valence-corrected chi connectivity index (χ3v) is 14.6. The van der Waals surface area contributed by atoms with Crippen LogP contribution < -0.4 is 42.2 Å². The van der Waals surface area contributed by atoms with Gasteiger partial charge in [0.15, 0.2) is 8.38 Å². The highest BCUT2D eigenvalue weighted by atomic mass is 31.2. The molecule has 5 aromatic heterocycles. The van der Waals surface area contributed by atoms with Crippen molar-refractivity contribution in [1.82, 2.24) is 53.8 Å². The van der Waals surface area contributed by atoms with E-state index in [1.165, 1.54) is 24.3 Å². The maximum absolute atomic E-state index is 14.0. The summed E-state index contributed by atoms with van der Waals surface area (Å²) in [6, 6.07) is 9.30. The van der Waals surface area contributed by atoms with Crippen molar-refractivity contribution < 1.29 is 48.1 Å². The van der Waals surface area contributed by atoms with Gasteiger partial charge in [0.05, 0.1) is 52.9 Å².